The molecule has 106 valence electrons. The molecule has 3 aromatic rings. The van der Waals surface area contributed by atoms with Crippen LogP contribution in [0.2, 0.25) is 0 Å². The first-order chi connectivity index (χ1) is 10.7. The van der Waals surface area contributed by atoms with Crippen LogP contribution in [0.3, 0.4) is 0 Å². The van der Waals surface area contributed by atoms with E-state index in [0.29, 0.717) is 17.2 Å². The lowest BCUT2D eigenvalue weighted by Crippen LogP contribution is -2.00. The monoisotopic (exact) mass is 350 g/mol. The molecule has 0 aliphatic carbocycles. The topological polar surface area (TPSA) is 75.6 Å². The molecule has 1 heterocycles. The summed E-state index contributed by atoms with van der Waals surface area (Å²) < 4.78 is 0.942. The van der Waals surface area contributed by atoms with Crippen molar-refractivity contribution in [2.75, 3.05) is 5.73 Å². The van der Waals surface area contributed by atoms with Gasteiger partial charge in [-0.15, -0.1) is 0 Å². The van der Waals surface area contributed by atoms with Gasteiger partial charge >= 0.3 is 0 Å². The summed E-state index contributed by atoms with van der Waals surface area (Å²) in [6, 6.07) is 17.3. The lowest BCUT2D eigenvalue weighted by atomic mass is 10.1. The highest BCUT2D eigenvalue weighted by Gasteiger charge is 2.09. The first-order valence-electron chi connectivity index (χ1n) is 6.57. The first kappa shape index (κ1) is 14.2. The summed E-state index contributed by atoms with van der Waals surface area (Å²) >= 11 is 3.41. The van der Waals surface area contributed by atoms with E-state index in [1.54, 1.807) is 6.08 Å². The Hall–Kier alpha value is -2.71. The first-order valence-corrected chi connectivity index (χ1v) is 7.36. The van der Waals surface area contributed by atoms with Crippen molar-refractivity contribution in [2.24, 2.45) is 0 Å². The molecule has 3 rings (SSSR count). The molecule has 0 radical (unpaired) electrons. The van der Waals surface area contributed by atoms with E-state index < -0.39 is 0 Å². The number of hydrogen-bond donors (Lipinski definition) is 1. The number of nitrogens with two attached hydrogens (primary N) is 1. The maximum atomic E-state index is 9.42. The summed E-state index contributed by atoms with van der Waals surface area (Å²) in [6.07, 6.45) is 1.74. The Labute approximate surface area is 136 Å². The standard InChI is InChI=1S/C17H11BrN4/c18-13-5-3-4-11(9-13)8-12(10-19)17-21-15-7-2-1-6-14(15)16(20)22-17/h1-9H,(H2,20,21,22)/b12-8+. The molecular formula is C17H11BrN4. The van der Waals surface area contributed by atoms with Gasteiger partial charge in [0, 0.05) is 9.86 Å². The lowest BCUT2D eigenvalue weighted by Gasteiger charge is -2.04. The highest BCUT2D eigenvalue weighted by Crippen LogP contribution is 2.22. The zero-order valence-electron chi connectivity index (χ0n) is 11.5. The molecule has 0 spiro atoms. The molecule has 0 atom stereocenters. The zero-order chi connectivity index (χ0) is 15.5. The molecule has 0 saturated heterocycles. The normalized spacial score (nSPS) is 11.4. The maximum Gasteiger partial charge on any atom is 0.172 e. The average Bonchev–Trinajstić information content (AvgIpc) is 2.52. The molecule has 0 aliphatic rings. The van der Waals surface area contributed by atoms with Crippen molar-refractivity contribution in [1.29, 1.82) is 5.26 Å². The Kier molecular flexibility index (Phi) is 3.86. The van der Waals surface area contributed by atoms with Gasteiger partial charge in [0.25, 0.3) is 0 Å². The molecule has 2 N–H and O–H groups in total. The molecule has 0 fully saturated rings. The summed E-state index contributed by atoms with van der Waals surface area (Å²) in [7, 11) is 0. The number of allylic oxidation sites excluding steroid dienone is 1. The molecule has 5 heteroatoms. The lowest BCUT2D eigenvalue weighted by molar-refractivity contribution is 1.18. The van der Waals surface area contributed by atoms with Crippen LogP contribution in [0.5, 0.6) is 0 Å². The Morgan fingerprint density at radius 3 is 2.73 bits per heavy atom. The minimum absolute atomic E-state index is 0.332. The van der Waals surface area contributed by atoms with Gasteiger partial charge in [-0.3, -0.25) is 0 Å². The molecule has 0 saturated carbocycles. The number of nitriles is 1. The fraction of sp³-hybridized carbons (Fsp3) is 0. The smallest absolute Gasteiger partial charge is 0.172 e. The summed E-state index contributed by atoms with van der Waals surface area (Å²) in [5, 5.41) is 10.2. The average molecular weight is 351 g/mol. The van der Waals surface area contributed by atoms with Gasteiger partial charge in [0.15, 0.2) is 5.82 Å². The summed E-state index contributed by atoms with van der Waals surface area (Å²) in [4.78, 5) is 8.69. The van der Waals surface area contributed by atoms with Crippen LogP contribution in [0.15, 0.2) is 53.0 Å². The zero-order valence-corrected chi connectivity index (χ0v) is 13.1. The number of rotatable bonds is 2. The number of halogens is 1. The summed E-state index contributed by atoms with van der Waals surface area (Å²) in [5.74, 6) is 0.703. The SMILES string of the molecule is N#C/C(=C\c1cccc(Br)c1)c1nc(N)c2ccccc2n1. The highest BCUT2D eigenvalue weighted by molar-refractivity contribution is 9.10. The van der Waals surface area contributed by atoms with Gasteiger partial charge < -0.3 is 5.73 Å². The van der Waals surface area contributed by atoms with Gasteiger partial charge in [-0.05, 0) is 35.9 Å². The van der Waals surface area contributed by atoms with Gasteiger partial charge in [-0.2, -0.15) is 5.26 Å². The van der Waals surface area contributed by atoms with Crippen LogP contribution in [0.25, 0.3) is 22.6 Å². The largest absolute Gasteiger partial charge is 0.383 e. The van der Waals surface area contributed by atoms with Gasteiger partial charge in [-0.25, -0.2) is 9.97 Å². The van der Waals surface area contributed by atoms with Crippen molar-refractivity contribution in [1.82, 2.24) is 9.97 Å². The third-order valence-corrected chi connectivity index (χ3v) is 3.65. The molecule has 2 aromatic carbocycles. The van der Waals surface area contributed by atoms with Crippen LogP contribution in [-0.2, 0) is 0 Å². The third-order valence-electron chi connectivity index (χ3n) is 3.15. The molecule has 0 amide bonds. The Balaban J connectivity index is 2.14. The van der Waals surface area contributed by atoms with Crippen LogP contribution >= 0.6 is 15.9 Å². The Morgan fingerprint density at radius 2 is 1.95 bits per heavy atom. The fourth-order valence-corrected chi connectivity index (χ4v) is 2.55. The second kappa shape index (κ2) is 5.96. The Bertz CT molecular complexity index is 925. The van der Waals surface area contributed by atoms with E-state index in [1.165, 1.54) is 0 Å². The van der Waals surface area contributed by atoms with Gasteiger partial charge in [0.2, 0.25) is 0 Å². The predicted molar refractivity (Wildman–Crippen MR) is 91.6 cm³/mol. The summed E-state index contributed by atoms with van der Waals surface area (Å²) in [6.45, 7) is 0. The Morgan fingerprint density at radius 1 is 1.14 bits per heavy atom. The minimum atomic E-state index is 0.332. The molecule has 1 aromatic heterocycles. The number of hydrogen-bond acceptors (Lipinski definition) is 4. The molecule has 22 heavy (non-hydrogen) atoms. The van der Waals surface area contributed by atoms with Crippen molar-refractivity contribution < 1.29 is 0 Å². The van der Waals surface area contributed by atoms with Crippen molar-refractivity contribution >= 4 is 44.3 Å². The summed E-state index contributed by atoms with van der Waals surface area (Å²) in [5.41, 5.74) is 7.96. The van der Waals surface area contributed by atoms with Crippen LogP contribution in [-0.4, -0.2) is 9.97 Å². The van der Waals surface area contributed by atoms with E-state index >= 15 is 0 Å². The maximum absolute atomic E-state index is 9.42. The van der Waals surface area contributed by atoms with Gasteiger partial charge in [0.1, 0.15) is 11.9 Å². The second-order valence-electron chi connectivity index (χ2n) is 4.67. The molecule has 0 aliphatic heterocycles. The van der Waals surface area contributed by atoms with Crippen molar-refractivity contribution in [3.63, 3.8) is 0 Å². The van der Waals surface area contributed by atoms with Crippen molar-refractivity contribution in [3.8, 4) is 6.07 Å². The van der Waals surface area contributed by atoms with Crippen LogP contribution in [0, 0.1) is 11.3 Å². The number of nitrogens with zero attached hydrogens (tertiary/aromatic N) is 3. The van der Waals surface area contributed by atoms with E-state index in [0.717, 1.165) is 20.9 Å². The molecular weight excluding hydrogens is 340 g/mol. The van der Waals surface area contributed by atoms with Gasteiger partial charge in [-0.1, -0.05) is 40.2 Å². The number of anilines is 1. The number of benzene rings is 2. The quantitative estimate of drug-likeness (QED) is 0.707. The van der Waals surface area contributed by atoms with Crippen LogP contribution < -0.4 is 5.73 Å². The van der Waals surface area contributed by atoms with Crippen molar-refractivity contribution in [3.05, 3.63) is 64.4 Å². The highest BCUT2D eigenvalue weighted by atomic mass is 79.9. The molecule has 4 nitrogen and oxygen atoms in total. The number of nitrogen functional groups attached to an aromatic ring is 1. The molecule has 0 bridgehead atoms. The fourth-order valence-electron chi connectivity index (χ4n) is 2.13. The van der Waals surface area contributed by atoms with E-state index in [4.69, 9.17) is 5.73 Å². The van der Waals surface area contributed by atoms with E-state index in [2.05, 4.69) is 32.0 Å². The van der Waals surface area contributed by atoms with Crippen molar-refractivity contribution in [2.45, 2.75) is 0 Å². The van der Waals surface area contributed by atoms with E-state index in [9.17, 15) is 5.26 Å². The van der Waals surface area contributed by atoms with Crippen LogP contribution in [0.4, 0.5) is 5.82 Å². The number of aromatic nitrogens is 2. The van der Waals surface area contributed by atoms with E-state index in [-0.39, 0.29) is 0 Å². The molecule has 0 unspecified atom stereocenters. The number of para-hydroxylation sites is 1. The van der Waals surface area contributed by atoms with E-state index in [1.807, 2.05) is 48.5 Å². The second-order valence-corrected chi connectivity index (χ2v) is 5.59. The van der Waals surface area contributed by atoms with Gasteiger partial charge in [0.05, 0.1) is 11.1 Å². The third kappa shape index (κ3) is 2.83. The number of fused-ring (bicyclic) bond motifs is 1. The minimum Gasteiger partial charge on any atom is -0.383 e. The predicted octanol–water partition coefficient (Wildman–Crippen LogP) is 4.04. The van der Waals surface area contributed by atoms with Crippen LogP contribution in [0.1, 0.15) is 11.4 Å².